The number of hydrogen-bond donors (Lipinski definition) is 0. The number of amides is 1. The van der Waals surface area contributed by atoms with Gasteiger partial charge in [0.1, 0.15) is 0 Å². The highest BCUT2D eigenvalue weighted by molar-refractivity contribution is 5.72. The quantitative estimate of drug-likeness (QED) is 0.565. The summed E-state index contributed by atoms with van der Waals surface area (Å²) in [5.74, 6) is 0.891. The van der Waals surface area contributed by atoms with Crippen molar-refractivity contribution in [2.75, 3.05) is 13.6 Å². The lowest BCUT2D eigenvalue weighted by atomic mass is 9.96. The van der Waals surface area contributed by atoms with Gasteiger partial charge in [-0.1, -0.05) is 39.5 Å². The molecule has 0 aromatic heterocycles. The molecule has 0 fully saturated rings. The van der Waals surface area contributed by atoms with E-state index in [0.29, 0.717) is 5.92 Å². The zero-order valence-corrected chi connectivity index (χ0v) is 10.9. The minimum absolute atomic E-state index is 0.187. The van der Waals surface area contributed by atoms with E-state index in [-0.39, 0.29) is 5.91 Å². The molecular formula is C13H27NO. The lowest BCUT2D eigenvalue weighted by Gasteiger charge is -2.23. The minimum atomic E-state index is 0.187. The maximum Gasteiger partial charge on any atom is 0.219 e. The fraction of sp³-hybridized carbons (Fsp3) is 0.923. The van der Waals surface area contributed by atoms with Crippen LogP contribution in [-0.4, -0.2) is 24.4 Å². The van der Waals surface area contributed by atoms with Crippen molar-refractivity contribution in [3.63, 3.8) is 0 Å². The summed E-state index contributed by atoms with van der Waals surface area (Å²) < 4.78 is 0. The van der Waals surface area contributed by atoms with E-state index in [0.717, 1.165) is 6.54 Å². The second kappa shape index (κ2) is 8.75. The number of carbonyl (C=O) groups excluding carboxylic acids is 1. The Balaban J connectivity index is 3.86. The summed E-state index contributed by atoms with van der Waals surface area (Å²) in [6, 6.07) is 0. The average Bonchev–Trinajstić information content (AvgIpc) is 2.18. The predicted molar refractivity (Wildman–Crippen MR) is 65.9 cm³/mol. The molecule has 15 heavy (non-hydrogen) atoms. The molecule has 0 aromatic rings. The van der Waals surface area contributed by atoms with Crippen molar-refractivity contribution in [3.05, 3.63) is 0 Å². The average molecular weight is 213 g/mol. The standard InChI is InChI=1S/C13H27NO/c1-5-7-8-10-13(9-6-2)11-14(4)12(3)15/h13H,5-11H2,1-4H3. The fourth-order valence-electron chi connectivity index (χ4n) is 1.93. The molecule has 0 heterocycles. The van der Waals surface area contributed by atoms with Crippen LogP contribution in [0.5, 0.6) is 0 Å². The molecule has 2 nitrogen and oxygen atoms in total. The summed E-state index contributed by atoms with van der Waals surface area (Å²) in [6.07, 6.45) is 7.67. The third-order valence-corrected chi connectivity index (χ3v) is 2.98. The molecule has 2 heteroatoms. The third-order valence-electron chi connectivity index (χ3n) is 2.98. The van der Waals surface area contributed by atoms with Gasteiger partial charge >= 0.3 is 0 Å². The summed E-state index contributed by atoms with van der Waals surface area (Å²) in [5, 5.41) is 0. The van der Waals surface area contributed by atoms with Gasteiger partial charge in [0.2, 0.25) is 5.91 Å². The SMILES string of the molecule is CCCCCC(CCC)CN(C)C(C)=O. The highest BCUT2D eigenvalue weighted by atomic mass is 16.2. The van der Waals surface area contributed by atoms with Crippen LogP contribution in [-0.2, 0) is 4.79 Å². The molecule has 1 amide bonds. The van der Waals surface area contributed by atoms with Crippen LogP contribution >= 0.6 is 0 Å². The number of hydrogen-bond acceptors (Lipinski definition) is 1. The van der Waals surface area contributed by atoms with Crippen molar-refractivity contribution in [2.45, 2.75) is 59.3 Å². The number of carbonyl (C=O) groups is 1. The zero-order valence-electron chi connectivity index (χ0n) is 10.9. The number of unbranched alkanes of at least 4 members (excludes halogenated alkanes) is 2. The number of nitrogens with zero attached hydrogens (tertiary/aromatic N) is 1. The maximum absolute atomic E-state index is 11.1. The Kier molecular flexibility index (Phi) is 8.44. The molecule has 0 aliphatic rings. The van der Waals surface area contributed by atoms with Gasteiger partial charge in [0.05, 0.1) is 0 Å². The second-order valence-corrected chi connectivity index (χ2v) is 4.55. The second-order valence-electron chi connectivity index (χ2n) is 4.55. The molecule has 0 radical (unpaired) electrons. The Labute approximate surface area is 95.0 Å². The van der Waals surface area contributed by atoms with Gasteiger partial charge in [0, 0.05) is 20.5 Å². The first-order valence-electron chi connectivity index (χ1n) is 6.33. The molecular weight excluding hydrogens is 186 g/mol. The largest absolute Gasteiger partial charge is 0.346 e. The lowest BCUT2D eigenvalue weighted by molar-refractivity contribution is -0.128. The van der Waals surface area contributed by atoms with E-state index < -0.39 is 0 Å². The highest BCUT2D eigenvalue weighted by Gasteiger charge is 2.12. The molecule has 1 unspecified atom stereocenters. The van der Waals surface area contributed by atoms with E-state index in [2.05, 4.69) is 13.8 Å². The third kappa shape index (κ3) is 7.40. The van der Waals surface area contributed by atoms with Crippen LogP contribution in [0.2, 0.25) is 0 Å². The van der Waals surface area contributed by atoms with E-state index in [9.17, 15) is 4.79 Å². The smallest absolute Gasteiger partial charge is 0.219 e. The Hall–Kier alpha value is -0.530. The normalized spacial score (nSPS) is 12.5. The van der Waals surface area contributed by atoms with Gasteiger partial charge in [-0.2, -0.15) is 0 Å². The van der Waals surface area contributed by atoms with Crippen molar-refractivity contribution in [3.8, 4) is 0 Å². The molecule has 90 valence electrons. The van der Waals surface area contributed by atoms with E-state index in [4.69, 9.17) is 0 Å². The van der Waals surface area contributed by atoms with Gasteiger partial charge in [0.25, 0.3) is 0 Å². The van der Waals surface area contributed by atoms with Crippen LogP contribution in [0.1, 0.15) is 59.3 Å². The van der Waals surface area contributed by atoms with Crippen LogP contribution in [0.3, 0.4) is 0 Å². The molecule has 0 saturated heterocycles. The van der Waals surface area contributed by atoms with E-state index in [1.54, 1.807) is 6.92 Å². The first-order chi connectivity index (χ1) is 7.11. The molecule has 1 atom stereocenters. The fourth-order valence-corrected chi connectivity index (χ4v) is 1.93. The molecule has 0 rings (SSSR count). The lowest BCUT2D eigenvalue weighted by Crippen LogP contribution is -2.29. The van der Waals surface area contributed by atoms with Crippen molar-refractivity contribution in [1.82, 2.24) is 4.90 Å². The zero-order chi connectivity index (χ0) is 11.7. The van der Waals surface area contributed by atoms with Crippen molar-refractivity contribution in [2.24, 2.45) is 5.92 Å². The molecule has 0 saturated carbocycles. The van der Waals surface area contributed by atoms with E-state index in [1.807, 2.05) is 11.9 Å². The van der Waals surface area contributed by atoms with Gasteiger partial charge in [-0.25, -0.2) is 0 Å². The van der Waals surface area contributed by atoms with Crippen LogP contribution in [0.25, 0.3) is 0 Å². The summed E-state index contributed by atoms with van der Waals surface area (Å²) in [5.41, 5.74) is 0. The highest BCUT2D eigenvalue weighted by Crippen LogP contribution is 2.16. The molecule has 0 aromatic carbocycles. The minimum Gasteiger partial charge on any atom is -0.346 e. The first kappa shape index (κ1) is 14.5. The number of rotatable bonds is 8. The Morgan fingerprint density at radius 2 is 1.80 bits per heavy atom. The van der Waals surface area contributed by atoms with Gasteiger partial charge < -0.3 is 4.90 Å². The van der Waals surface area contributed by atoms with Crippen LogP contribution in [0, 0.1) is 5.92 Å². The first-order valence-corrected chi connectivity index (χ1v) is 6.33. The van der Waals surface area contributed by atoms with E-state index in [1.165, 1.54) is 38.5 Å². The summed E-state index contributed by atoms with van der Waals surface area (Å²) in [4.78, 5) is 13.0. The van der Waals surface area contributed by atoms with Crippen molar-refractivity contribution >= 4 is 5.91 Å². The van der Waals surface area contributed by atoms with Crippen LogP contribution in [0.4, 0.5) is 0 Å². The molecule has 0 N–H and O–H groups in total. The topological polar surface area (TPSA) is 20.3 Å². The summed E-state index contributed by atoms with van der Waals surface area (Å²) >= 11 is 0. The van der Waals surface area contributed by atoms with Crippen LogP contribution in [0.15, 0.2) is 0 Å². The van der Waals surface area contributed by atoms with E-state index >= 15 is 0 Å². The van der Waals surface area contributed by atoms with Crippen LogP contribution < -0.4 is 0 Å². The van der Waals surface area contributed by atoms with Gasteiger partial charge in [-0.3, -0.25) is 4.79 Å². The van der Waals surface area contributed by atoms with Gasteiger partial charge in [-0.15, -0.1) is 0 Å². The predicted octanol–water partition coefficient (Wildman–Crippen LogP) is 3.46. The molecule has 0 aliphatic carbocycles. The Morgan fingerprint density at radius 3 is 2.27 bits per heavy atom. The monoisotopic (exact) mass is 213 g/mol. The Morgan fingerprint density at radius 1 is 1.13 bits per heavy atom. The molecule has 0 spiro atoms. The van der Waals surface area contributed by atoms with Crippen molar-refractivity contribution in [1.29, 1.82) is 0 Å². The summed E-state index contributed by atoms with van der Waals surface area (Å²) in [7, 11) is 1.91. The molecule has 0 bridgehead atoms. The maximum atomic E-state index is 11.1. The van der Waals surface area contributed by atoms with Crippen molar-refractivity contribution < 1.29 is 4.79 Å². The summed E-state index contributed by atoms with van der Waals surface area (Å²) in [6.45, 7) is 7.04. The van der Waals surface area contributed by atoms with Gasteiger partial charge in [-0.05, 0) is 18.8 Å². The van der Waals surface area contributed by atoms with Gasteiger partial charge in [0.15, 0.2) is 0 Å². The Bertz CT molecular complexity index is 168. The molecule has 0 aliphatic heterocycles.